The molecule has 174 valence electrons. The molecule has 10 heteroatoms. The Morgan fingerprint density at radius 3 is 2.50 bits per heavy atom. The van der Waals surface area contributed by atoms with Crippen LogP contribution in [0.2, 0.25) is 0 Å². The molecule has 2 unspecified atom stereocenters. The van der Waals surface area contributed by atoms with E-state index in [2.05, 4.69) is 4.74 Å². The SMILES string of the molecule is CCOC(=O)C1COc2cc(Oc3ccc(C(F)(F)F)cc3OC(F)F)ccc2C1CC. The predicted molar refractivity (Wildman–Crippen MR) is 103 cm³/mol. The molecule has 1 aliphatic heterocycles. The second-order valence-corrected chi connectivity index (χ2v) is 7.02. The number of rotatable bonds is 7. The van der Waals surface area contributed by atoms with E-state index in [4.69, 9.17) is 14.2 Å². The van der Waals surface area contributed by atoms with Crippen LogP contribution in [0.4, 0.5) is 22.0 Å². The second kappa shape index (κ2) is 9.62. The first-order valence-corrected chi connectivity index (χ1v) is 9.91. The Hall–Kier alpha value is -3.04. The molecule has 0 aliphatic carbocycles. The summed E-state index contributed by atoms with van der Waals surface area (Å²) in [7, 11) is 0. The first-order chi connectivity index (χ1) is 15.1. The second-order valence-electron chi connectivity index (χ2n) is 7.02. The van der Waals surface area contributed by atoms with Crippen molar-refractivity contribution in [3.8, 4) is 23.0 Å². The molecule has 0 spiro atoms. The number of halogens is 5. The van der Waals surface area contributed by atoms with Crippen molar-refractivity contribution in [1.29, 1.82) is 0 Å². The molecule has 0 aromatic heterocycles. The molecule has 0 N–H and O–H groups in total. The Kier molecular flexibility index (Phi) is 7.10. The lowest BCUT2D eigenvalue weighted by Crippen LogP contribution is -2.33. The average Bonchev–Trinajstić information content (AvgIpc) is 2.73. The Balaban J connectivity index is 1.88. The van der Waals surface area contributed by atoms with E-state index in [1.54, 1.807) is 13.0 Å². The van der Waals surface area contributed by atoms with Gasteiger partial charge in [0, 0.05) is 12.0 Å². The number of hydrogen-bond acceptors (Lipinski definition) is 5. The van der Waals surface area contributed by atoms with Gasteiger partial charge in [0.15, 0.2) is 11.5 Å². The highest BCUT2D eigenvalue weighted by Crippen LogP contribution is 2.43. The molecule has 0 fully saturated rings. The van der Waals surface area contributed by atoms with Crippen molar-refractivity contribution >= 4 is 5.97 Å². The normalized spacial score (nSPS) is 18.0. The molecule has 2 aromatic rings. The van der Waals surface area contributed by atoms with Crippen molar-refractivity contribution in [2.45, 2.75) is 39.0 Å². The van der Waals surface area contributed by atoms with E-state index in [1.807, 2.05) is 6.92 Å². The van der Waals surface area contributed by atoms with E-state index in [-0.39, 0.29) is 36.6 Å². The van der Waals surface area contributed by atoms with Crippen LogP contribution < -0.4 is 14.2 Å². The number of carbonyl (C=O) groups excluding carboxylic acids is 1. The third-order valence-electron chi connectivity index (χ3n) is 5.03. The number of fused-ring (bicyclic) bond motifs is 1. The minimum atomic E-state index is -4.73. The van der Waals surface area contributed by atoms with Crippen molar-refractivity contribution in [2.24, 2.45) is 5.92 Å². The minimum Gasteiger partial charge on any atom is -0.492 e. The molecule has 1 aliphatic rings. The summed E-state index contributed by atoms with van der Waals surface area (Å²) in [5.74, 6) is -1.47. The first-order valence-electron chi connectivity index (χ1n) is 9.91. The molecule has 3 rings (SSSR count). The molecule has 0 radical (unpaired) electrons. The van der Waals surface area contributed by atoms with Crippen LogP contribution in [0.5, 0.6) is 23.0 Å². The molecule has 2 atom stereocenters. The van der Waals surface area contributed by atoms with Gasteiger partial charge in [-0.3, -0.25) is 4.79 Å². The zero-order valence-corrected chi connectivity index (χ0v) is 17.2. The van der Waals surface area contributed by atoms with Gasteiger partial charge < -0.3 is 18.9 Å². The van der Waals surface area contributed by atoms with Crippen LogP contribution in [0.15, 0.2) is 36.4 Å². The third kappa shape index (κ3) is 5.23. The quantitative estimate of drug-likeness (QED) is 0.366. The summed E-state index contributed by atoms with van der Waals surface area (Å²) in [6.07, 6.45) is -4.09. The summed E-state index contributed by atoms with van der Waals surface area (Å²) in [5, 5.41) is 0. The predicted octanol–water partition coefficient (Wildman–Crippen LogP) is 6.16. The van der Waals surface area contributed by atoms with E-state index in [0.717, 1.165) is 11.6 Å². The van der Waals surface area contributed by atoms with Crippen LogP contribution in [0.25, 0.3) is 0 Å². The van der Waals surface area contributed by atoms with Gasteiger partial charge in [-0.25, -0.2) is 0 Å². The van der Waals surface area contributed by atoms with Gasteiger partial charge in [0.1, 0.15) is 18.1 Å². The summed E-state index contributed by atoms with van der Waals surface area (Å²) in [4.78, 5) is 12.2. The summed E-state index contributed by atoms with van der Waals surface area (Å²) < 4.78 is 84.8. The molecular formula is C22H21F5O5. The van der Waals surface area contributed by atoms with Crippen LogP contribution in [0, 0.1) is 5.92 Å². The van der Waals surface area contributed by atoms with Gasteiger partial charge in [-0.2, -0.15) is 22.0 Å². The van der Waals surface area contributed by atoms with Crippen molar-refractivity contribution in [1.82, 2.24) is 0 Å². The largest absolute Gasteiger partial charge is 0.492 e. The van der Waals surface area contributed by atoms with Crippen molar-refractivity contribution in [3.05, 3.63) is 47.5 Å². The number of benzene rings is 2. The zero-order chi connectivity index (χ0) is 23.5. The van der Waals surface area contributed by atoms with Crippen molar-refractivity contribution in [3.63, 3.8) is 0 Å². The van der Waals surface area contributed by atoms with Gasteiger partial charge in [-0.05, 0) is 43.2 Å². The summed E-state index contributed by atoms with van der Waals surface area (Å²) in [6, 6.07) is 6.74. The van der Waals surface area contributed by atoms with Crippen molar-refractivity contribution < 1.29 is 45.7 Å². The van der Waals surface area contributed by atoms with Gasteiger partial charge in [-0.1, -0.05) is 13.0 Å². The van der Waals surface area contributed by atoms with E-state index in [1.165, 1.54) is 12.1 Å². The summed E-state index contributed by atoms with van der Waals surface area (Å²) >= 11 is 0. The smallest absolute Gasteiger partial charge is 0.416 e. The van der Waals surface area contributed by atoms with Crippen LogP contribution in [-0.4, -0.2) is 25.8 Å². The lowest BCUT2D eigenvalue weighted by atomic mass is 9.82. The highest BCUT2D eigenvalue weighted by molar-refractivity contribution is 5.75. The van der Waals surface area contributed by atoms with Gasteiger partial charge in [-0.15, -0.1) is 0 Å². The third-order valence-corrected chi connectivity index (χ3v) is 5.03. The summed E-state index contributed by atoms with van der Waals surface area (Å²) in [5.41, 5.74) is -0.398. The Morgan fingerprint density at radius 2 is 1.88 bits per heavy atom. The summed E-state index contributed by atoms with van der Waals surface area (Å²) in [6.45, 7) is 0.646. The van der Waals surface area contributed by atoms with Crippen LogP contribution >= 0.6 is 0 Å². The highest BCUT2D eigenvalue weighted by atomic mass is 19.4. The molecule has 0 saturated heterocycles. The standard InChI is InChI=1S/C22H21F5O5/c1-3-14-15-7-6-13(10-18(15)30-11-16(14)20(28)29-4-2)31-17-8-5-12(22(25,26)27)9-19(17)32-21(23)24/h5-10,14,16,21H,3-4,11H2,1-2H3. The number of alkyl halides is 5. The van der Waals surface area contributed by atoms with E-state index in [0.29, 0.717) is 24.3 Å². The molecule has 0 bridgehead atoms. The first kappa shape index (κ1) is 23.6. The van der Waals surface area contributed by atoms with Crippen LogP contribution in [-0.2, 0) is 15.7 Å². The molecule has 0 saturated carbocycles. The zero-order valence-electron chi connectivity index (χ0n) is 17.2. The van der Waals surface area contributed by atoms with Crippen LogP contribution in [0.1, 0.15) is 37.3 Å². The molecule has 32 heavy (non-hydrogen) atoms. The number of hydrogen-bond donors (Lipinski definition) is 0. The maximum absolute atomic E-state index is 12.9. The Morgan fingerprint density at radius 1 is 1.12 bits per heavy atom. The van der Waals surface area contributed by atoms with Crippen molar-refractivity contribution in [2.75, 3.05) is 13.2 Å². The lowest BCUT2D eigenvalue weighted by Gasteiger charge is -2.31. The molecule has 0 amide bonds. The van der Waals surface area contributed by atoms with E-state index in [9.17, 15) is 26.7 Å². The number of esters is 1. The number of ether oxygens (including phenoxy) is 4. The fourth-order valence-corrected chi connectivity index (χ4v) is 3.59. The highest BCUT2D eigenvalue weighted by Gasteiger charge is 2.36. The maximum Gasteiger partial charge on any atom is 0.416 e. The topological polar surface area (TPSA) is 54.0 Å². The molecule has 1 heterocycles. The molecule has 5 nitrogen and oxygen atoms in total. The maximum atomic E-state index is 12.9. The lowest BCUT2D eigenvalue weighted by molar-refractivity contribution is -0.150. The fourth-order valence-electron chi connectivity index (χ4n) is 3.59. The van der Waals surface area contributed by atoms with Gasteiger partial charge in [0.25, 0.3) is 0 Å². The Labute approximate surface area is 181 Å². The minimum absolute atomic E-state index is 0.0911. The van der Waals surface area contributed by atoms with Gasteiger partial charge in [0.05, 0.1) is 18.1 Å². The molecule has 2 aromatic carbocycles. The van der Waals surface area contributed by atoms with Crippen LogP contribution in [0.3, 0.4) is 0 Å². The van der Waals surface area contributed by atoms with E-state index >= 15 is 0 Å². The fraction of sp³-hybridized carbons (Fsp3) is 0.409. The monoisotopic (exact) mass is 460 g/mol. The Bertz CT molecular complexity index is 960. The van der Waals surface area contributed by atoms with Gasteiger partial charge in [0.2, 0.25) is 0 Å². The van der Waals surface area contributed by atoms with E-state index < -0.39 is 30.0 Å². The molecular weight excluding hydrogens is 439 g/mol. The van der Waals surface area contributed by atoms with Gasteiger partial charge >= 0.3 is 18.8 Å². The number of carbonyl (C=O) groups is 1. The average molecular weight is 460 g/mol.